The number of methoxy groups -OCH3 is 1. The average Bonchev–Trinajstić information content (AvgIpc) is 3.88. The summed E-state index contributed by atoms with van der Waals surface area (Å²) in [7, 11) is 1.35. The predicted octanol–water partition coefficient (Wildman–Crippen LogP) is 4.97. The van der Waals surface area contributed by atoms with Crippen molar-refractivity contribution in [2.75, 3.05) is 404 Å². The minimum atomic E-state index is -0.292. The zero-order valence-electron chi connectivity index (χ0n) is 65.8. The summed E-state index contributed by atoms with van der Waals surface area (Å²) in [6, 6.07) is 0. The summed E-state index contributed by atoms with van der Waals surface area (Å²) in [5, 5.41) is 0. The van der Waals surface area contributed by atoms with Gasteiger partial charge in [-0.25, -0.2) is 0 Å². The Hall–Kier alpha value is -1.73. The van der Waals surface area contributed by atoms with E-state index >= 15 is 0 Å². The first-order valence-electron chi connectivity index (χ1n) is 39.2. The van der Waals surface area contributed by atoms with E-state index < -0.39 is 0 Å². The van der Waals surface area contributed by atoms with Gasteiger partial charge in [0.15, 0.2) is 0 Å². The summed E-state index contributed by atoms with van der Waals surface area (Å²) in [6.45, 7) is 31.8. The molecule has 0 rings (SSSR count). The van der Waals surface area contributed by atoms with Crippen LogP contribution in [0.5, 0.6) is 0 Å². The van der Waals surface area contributed by atoms with Crippen molar-refractivity contribution in [3.63, 3.8) is 0 Å². The fourth-order valence-electron chi connectivity index (χ4n) is 8.43. The van der Waals surface area contributed by atoms with Crippen LogP contribution in [-0.4, -0.2) is 409 Å². The van der Waals surface area contributed by atoms with Crippen LogP contribution in [0, 0.1) is 0 Å². The average molecular weight is 1550 g/mol. The lowest BCUT2D eigenvalue weighted by molar-refractivity contribution is -0.142. The first kappa shape index (κ1) is 104. The van der Waals surface area contributed by atoms with Crippen molar-refractivity contribution in [2.24, 2.45) is 0 Å². The summed E-state index contributed by atoms with van der Waals surface area (Å²) >= 11 is 0. The minimum Gasteiger partial charge on any atom is -0.469 e. The Bertz CT molecular complexity index is 1550. The number of esters is 1. The second kappa shape index (κ2) is 101. The number of rotatable bonds is 101. The Morgan fingerprint density at radius 3 is 0.368 bits per heavy atom. The first-order valence-corrected chi connectivity index (χ1v) is 39.2. The summed E-state index contributed by atoms with van der Waals surface area (Å²) in [5.41, 5.74) is 0. The molecule has 0 saturated heterocycles. The number of carbonyl (C=O) groups excluding carboxylic acids is 1. The van der Waals surface area contributed by atoms with E-state index in [0.717, 1.165) is 13.0 Å². The zero-order valence-corrected chi connectivity index (χ0v) is 65.8. The van der Waals surface area contributed by atoms with Crippen LogP contribution in [-0.2, 0) is 152 Å². The van der Waals surface area contributed by atoms with Gasteiger partial charge in [0, 0.05) is 6.61 Å². The van der Waals surface area contributed by atoms with Gasteiger partial charge in [0.2, 0.25) is 0 Å². The van der Waals surface area contributed by atoms with Crippen molar-refractivity contribution in [1.29, 1.82) is 0 Å². The first-order chi connectivity index (χ1) is 52.8. The molecule has 0 aromatic carbocycles. The van der Waals surface area contributed by atoms with Crippen molar-refractivity contribution in [3.8, 4) is 0 Å². The fraction of sp³-hybridized carbons (Fsp3) is 0.986. The molecule has 32 nitrogen and oxygen atoms in total. The topological polar surface area (TPSA) is 303 Å². The number of hydrogen-bond donors (Lipinski definition) is 0. The van der Waals surface area contributed by atoms with Gasteiger partial charge in [0.25, 0.3) is 0 Å². The highest BCUT2D eigenvalue weighted by atomic mass is 16.6. The Morgan fingerprint density at radius 2 is 0.245 bits per heavy atom. The monoisotopic (exact) mass is 1550 g/mol. The van der Waals surface area contributed by atoms with E-state index in [1.165, 1.54) is 64.9 Å². The zero-order chi connectivity index (χ0) is 75.7. The van der Waals surface area contributed by atoms with E-state index in [2.05, 4.69) is 11.7 Å². The minimum absolute atomic E-state index is 0.235. The Morgan fingerprint density at radius 1 is 0.142 bits per heavy atom. The highest BCUT2D eigenvalue weighted by molar-refractivity contribution is 5.69. The molecular weight excluding hydrogens is 1400 g/mol. The smallest absolute Gasteiger partial charge is 0.307 e. The highest BCUT2D eigenvalue weighted by Gasteiger charge is 2.04. The second-order valence-corrected chi connectivity index (χ2v) is 22.9. The van der Waals surface area contributed by atoms with Gasteiger partial charge in [-0.1, -0.05) is 64.7 Å². The molecule has 0 spiro atoms. The molecule has 0 aromatic rings. The van der Waals surface area contributed by atoms with Crippen LogP contribution < -0.4 is 0 Å². The second-order valence-electron chi connectivity index (χ2n) is 22.9. The molecule has 0 aliphatic rings. The van der Waals surface area contributed by atoms with E-state index in [1.54, 1.807) is 0 Å². The molecule has 0 saturated carbocycles. The maximum absolute atomic E-state index is 11.0. The molecule has 0 aliphatic heterocycles. The third-order valence-corrected chi connectivity index (χ3v) is 14.1. The van der Waals surface area contributed by atoms with Crippen LogP contribution >= 0.6 is 0 Å². The molecule has 0 heterocycles. The number of hydrogen-bond acceptors (Lipinski definition) is 32. The maximum Gasteiger partial charge on any atom is 0.307 e. The van der Waals surface area contributed by atoms with Crippen molar-refractivity contribution in [2.45, 2.75) is 77.6 Å². The molecule has 32 heteroatoms. The van der Waals surface area contributed by atoms with Gasteiger partial charge < -0.3 is 147 Å². The lowest BCUT2D eigenvalue weighted by Crippen LogP contribution is -2.16. The van der Waals surface area contributed by atoms with Gasteiger partial charge in [-0.05, 0) is 6.42 Å². The lowest BCUT2D eigenvalue weighted by atomic mass is 10.1. The molecule has 0 fully saturated rings. The Kier molecular flexibility index (Phi) is 99.6. The Balaban J connectivity index is 3.10. The summed E-state index contributed by atoms with van der Waals surface area (Å²) in [4.78, 5) is 11.0. The van der Waals surface area contributed by atoms with Gasteiger partial charge in [0.1, 0.15) is 0 Å². The highest BCUT2D eigenvalue weighted by Crippen LogP contribution is 2.10. The van der Waals surface area contributed by atoms with Crippen LogP contribution in [0.4, 0.5) is 0 Å². The third-order valence-electron chi connectivity index (χ3n) is 14.1. The summed E-state index contributed by atoms with van der Waals surface area (Å²) < 4.78 is 170. The van der Waals surface area contributed by atoms with Crippen molar-refractivity contribution in [1.82, 2.24) is 0 Å². The van der Waals surface area contributed by atoms with Crippen LogP contribution in [0.3, 0.4) is 0 Å². The van der Waals surface area contributed by atoms with Crippen molar-refractivity contribution < 1.29 is 152 Å². The van der Waals surface area contributed by atoms with E-state index in [0.29, 0.717) is 390 Å². The fourth-order valence-corrected chi connectivity index (χ4v) is 8.43. The maximum atomic E-state index is 11.0. The largest absolute Gasteiger partial charge is 0.469 e. The molecule has 0 N–H and O–H groups in total. The number of unbranched alkanes of at least 4 members (excludes halogenated alkanes) is 9. The normalized spacial score (nSPS) is 11.8. The van der Waals surface area contributed by atoms with Gasteiger partial charge in [-0.2, -0.15) is 0 Å². The quantitative estimate of drug-likeness (QED) is 0.0573. The molecule has 0 aromatic heterocycles. The van der Waals surface area contributed by atoms with E-state index in [9.17, 15) is 4.79 Å². The standard InChI is InChI=1S/C74H148O32/c1-3-4-5-6-7-8-9-10-11-12-14-77-16-18-79-20-22-81-24-26-83-28-30-85-32-34-87-36-38-89-40-42-91-44-46-93-48-50-95-52-54-97-56-58-99-60-62-101-64-66-103-68-70-105-72-73-106-71-69-104-67-65-102-63-61-100-59-57-98-55-53-96-51-49-94-47-45-92-43-41-90-39-37-88-35-33-86-31-29-84-27-25-82-23-21-80-19-17-78-15-13-74(75)76-2/h3-73H2,1-2H3. The van der Waals surface area contributed by atoms with E-state index in [4.69, 9.17) is 142 Å². The summed E-state index contributed by atoms with van der Waals surface area (Å²) in [6.07, 6.45) is 13.6. The molecule has 636 valence electrons. The van der Waals surface area contributed by atoms with Gasteiger partial charge in [-0.15, -0.1) is 0 Å². The molecular formula is C74H148O32. The predicted molar refractivity (Wildman–Crippen MR) is 393 cm³/mol. The molecule has 0 amide bonds. The Labute approximate surface area is 636 Å². The molecule has 106 heavy (non-hydrogen) atoms. The van der Waals surface area contributed by atoms with Crippen LogP contribution in [0.25, 0.3) is 0 Å². The van der Waals surface area contributed by atoms with Gasteiger partial charge >= 0.3 is 5.97 Å². The summed E-state index contributed by atoms with van der Waals surface area (Å²) in [5.74, 6) is -0.292. The van der Waals surface area contributed by atoms with Crippen LogP contribution in [0.2, 0.25) is 0 Å². The van der Waals surface area contributed by atoms with Crippen LogP contribution in [0.15, 0.2) is 0 Å². The SMILES string of the molecule is CCCCCCCCCCCCOCCOCCOCCOCCOCCOCCOCCOCCOCCOCCOCCOCCOCCOCCOCCOCCOCCOCCOCCOCCOCCOCCOCCOCCOCCOCCOCCOCCOCCOCCC(=O)OC. The number of carbonyl (C=O) groups is 1. The molecule has 0 atom stereocenters. The van der Waals surface area contributed by atoms with Crippen molar-refractivity contribution >= 4 is 5.97 Å². The van der Waals surface area contributed by atoms with Crippen LogP contribution in [0.1, 0.15) is 77.6 Å². The van der Waals surface area contributed by atoms with Gasteiger partial charge in [-0.3, -0.25) is 4.79 Å². The lowest BCUT2D eigenvalue weighted by Gasteiger charge is -2.09. The van der Waals surface area contributed by atoms with E-state index in [1.807, 2.05) is 0 Å². The molecule has 0 aliphatic carbocycles. The number of ether oxygens (including phenoxy) is 31. The van der Waals surface area contributed by atoms with E-state index in [-0.39, 0.29) is 12.4 Å². The molecule has 0 bridgehead atoms. The van der Waals surface area contributed by atoms with Crippen molar-refractivity contribution in [3.05, 3.63) is 0 Å². The molecule has 0 radical (unpaired) electrons. The van der Waals surface area contributed by atoms with Gasteiger partial charge in [0.05, 0.1) is 403 Å². The molecule has 0 unspecified atom stereocenters. The third kappa shape index (κ3) is 100.